The molecule has 0 radical (unpaired) electrons. The summed E-state index contributed by atoms with van der Waals surface area (Å²) in [4.78, 5) is 9.16. The average molecular weight is 246 g/mol. The van der Waals surface area contributed by atoms with Crippen LogP contribution in [-0.2, 0) is 7.05 Å². The van der Waals surface area contributed by atoms with E-state index in [9.17, 15) is 0 Å². The SMILES string of the molecule is Cn1cc(-c2cc3nc(N)nc(N)c3s2)cn1. The van der Waals surface area contributed by atoms with Crippen molar-refractivity contribution < 1.29 is 0 Å². The molecule has 3 heterocycles. The topological polar surface area (TPSA) is 95.6 Å². The lowest BCUT2D eigenvalue weighted by Crippen LogP contribution is -1.98. The number of aromatic nitrogens is 4. The van der Waals surface area contributed by atoms with Crippen molar-refractivity contribution in [3.05, 3.63) is 18.5 Å². The van der Waals surface area contributed by atoms with Gasteiger partial charge in [0.05, 0.1) is 16.4 Å². The van der Waals surface area contributed by atoms with Gasteiger partial charge in [-0.2, -0.15) is 10.1 Å². The van der Waals surface area contributed by atoms with Gasteiger partial charge in [-0.1, -0.05) is 0 Å². The second kappa shape index (κ2) is 3.42. The maximum atomic E-state index is 5.81. The first-order chi connectivity index (χ1) is 8.13. The molecule has 0 aliphatic carbocycles. The standard InChI is InChI=1S/C10H10N6S/c1-16-4-5(3-13-16)7-2-6-8(17-7)9(11)15-10(12)14-6/h2-4H,1H3,(H4,11,12,14,15). The van der Waals surface area contributed by atoms with E-state index >= 15 is 0 Å². The molecule has 0 aliphatic rings. The van der Waals surface area contributed by atoms with Crippen LogP contribution in [0.25, 0.3) is 20.7 Å². The Kier molecular flexibility index (Phi) is 2.02. The Morgan fingerprint density at radius 3 is 2.82 bits per heavy atom. The Morgan fingerprint density at radius 2 is 2.12 bits per heavy atom. The van der Waals surface area contributed by atoms with Crippen molar-refractivity contribution in [2.45, 2.75) is 0 Å². The van der Waals surface area contributed by atoms with E-state index in [1.165, 1.54) is 0 Å². The summed E-state index contributed by atoms with van der Waals surface area (Å²) in [6.45, 7) is 0. The van der Waals surface area contributed by atoms with Gasteiger partial charge < -0.3 is 11.5 Å². The van der Waals surface area contributed by atoms with Gasteiger partial charge in [0.25, 0.3) is 0 Å². The maximum Gasteiger partial charge on any atom is 0.222 e. The lowest BCUT2D eigenvalue weighted by atomic mass is 10.3. The molecule has 0 amide bonds. The molecule has 3 aromatic rings. The van der Waals surface area contributed by atoms with Crippen molar-refractivity contribution in [2.24, 2.45) is 7.05 Å². The summed E-state index contributed by atoms with van der Waals surface area (Å²) in [5, 5.41) is 4.13. The predicted octanol–water partition coefficient (Wildman–Crippen LogP) is 1.26. The Labute approximate surface area is 101 Å². The van der Waals surface area contributed by atoms with Crippen LogP contribution in [0.5, 0.6) is 0 Å². The van der Waals surface area contributed by atoms with E-state index in [-0.39, 0.29) is 5.95 Å². The zero-order chi connectivity index (χ0) is 12.0. The minimum Gasteiger partial charge on any atom is -0.382 e. The van der Waals surface area contributed by atoms with Crippen molar-refractivity contribution in [3.8, 4) is 10.4 Å². The fourth-order valence-electron chi connectivity index (χ4n) is 1.66. The van der Waals surface area contributed by atoms with Gasteiger partial charge >= 0.3 is 0 Å². The molecular formula is C10H10N6S. The molecule has 0 fully saturated rings. The Balaban J connectivity index is 2.23. The van der Waals surface area contributed by atoms with Crippen LogP contribution < -0.4 is 11.5 Å². The molecule has 0 aromatic carbocycles. The Morgan fingerprint density at radius 1 is 1.29 bits per heavy atom. The van der Waals surface area contributed by atoms with E-state index in [0.29, 0.717) is 5.82 Å². The van der Waals surface area contributed by atoms with E-state index in [1.807, 2.05) is 19.3 Å². The quantitative estimate of drug-likeness (QED) is 0.673. The highest BCUT2D eigenvalue weighted by molar-refractivity contribution is 7.22. The molecule has 6 nitrogen and oxygen atoms in total. The third-order valence-electron chi connectivity index (χ3n) is 2.40. The third kappa shape index (κ3) is 1.60. The average Bonchev–Trinajstić information content (AvgIpc) is 2.83. The first-order valence-electron chi connectivity index (χ1n) is 4.95. The van der Waals surface area contributed by atoms with Gasteiger partial charge in [-0.25, -0.2) is 4.98 Å². The summed E-state index contributed by atoms with van der Waals surface area (Å²) in [5.74, 6) is 0.623. The summed E-state index contributed by atoms with van der Waals surface area (Å²) >= 11 is 1.54. The molecule has 0 atom stereocenters. The van der Waals surface area contributed by atoms with Gasteiger partial charge in [0.15, 0.2) is 0 Å². The smallest absolute Gasteiger partial charge is 0.222 e. The van der Waals surface area contributed by atoms with Crippen LogP contribution in [0.1, 0.15) is 0 Å². The van der Waals surface area contributed by atoms with Crippen LogP contribution in [0.15, 0.2) is 18.5 Å². The van der Waals surface area contributed by atoms with E-state index in [0.717, 1.165) is 20.7 Å². The van der Waals surface area contributed by atoms with Crippen molar-refractivity contribution in [2.75, 3.05) is 11.5 Å². The second-order valence-electron chi connectivity index (χ2n) is 3.69. The molecule has 0 unspecified atom stereocenters. The number of aryl methyl sites for hydroxylation is 1. The molecule has 0 saturated heterocycles. The third-order valence-corrected chi connectivity index (χ3v) is 3.60. The highest BCUT2D eigenvalue weighted by Crippen LogP contribution is 2.34. The lowest BCUT2D eigenvalue weighted by Gasteiger charge is -1.95. The van der Waals surface area contributed by atoms with Crippen LogP contribution in [-0.4, -0.2) is 19.7 Å². The summed E-state index contributed by atoms with van der Waals surface area (Å²) in [5.41, 5.74) is 13.2. The first kappa shape index (κ1) is 10.0. The van der Waals surface area contributed by atoms with Gasteiger partial charge in [-0.15, -0.1) is 11.3 Å². The monoisotopic (exact) mass is 246 g/mol. The van der Waals surface area contributed by atoms with Crippen LogP contribution in [0.3, 0.4) is 0 Å². The normalized spacial score (nSPS) is 11.1. The van der Waals surface area contributed by atoms with E-state index in [4.69, 9.17) is 11.5 Å². The van der Waals surface area contributed by atoms with E-state index < -0.39 is 0 Å². The van der Waals surface area contributed by atoms with Gasteiger partial charge in [0, 0.05) is 23.7 Å². The van der Waals surface area contributed by atoms with Crippen LogP contribution >= 0.6 is 11.3 Å². The van der Waals surface area contributed by atoms with Crippen molar-refractivity contribution in [1.82, 2.24) is 19.7 Å². The fourth-order valence-corrected chi connectivity index (χ4v) is 2.63. The molecule has 0 spiro atoms. The Bertz CT molecular complexity index is 698. The number of hydrogen-bond donors (Lipinski definition) is 2. The zero-order valence-electron chi connectivity index (χ0n) is 9.08. The molecule has 3 aromatic heterocycles. The minimum atomic E-state index is 0.200. The number of thiophene rings is 1. The lowest BCUT2D eigenvalue weighted by molar-refractivity contribution is 0.768. The van der Waals surface area contributed by atoms with Gasteiger partial charge in [0.1, 0.15) is 5.82 Å². The van der Waals surface area contributed by atoms with E-state index in [2.05, 4.69) is 15.1 Å². The van der Waals surface area contributed by atoms with Crippen LogP contribution in [0.2, 0.25) is 0 Å². The molecular weight excluding hydrogens is 236 g/mol. The summed E-state index contributed by atoms with van der Waals surface area (Å²) in [7, 11) is 1.88. The number of hydrogen-bond acceptors (Lipinski definition) is 6. The summed E-state index contributed by atoms with van der Waals surface area (Å²) in [6, 6.07) is 1.95. The Hall–Kier alpha value is -2.15. The molecule has 7 heteroatoms. The predicted molar refractivity (Wildman–Crippen MR) is 68.4 cm³/mol. The van der Waals surface area contributed by atoms with Crippen molar-refractivity contribution >= 4 is 33.3 Å². The minimum absolute atomic E-state index is 0.200. The highest BCUT2D eigenvalue weighted by Gasteiger charge is 2.10. The number of rotatable bonds is 1. The summed E-state index contributed by atoms with van der Waals surface area (Å²) < 4.78 is 2.61. The molecule has 4 N–H and O–H groups in total. The van der Waals surface area contributed by atoms with Gasteiger partial charge in [-0.05, 0) is 6.07 Å². The summed E-state index contributed by atoms with van der Waals surface area (Å²) in [6.07, 6.45) is 3.75. The van der Waals surface area contributed by atoms with Crippen molar-refractivity contribution in [1.29, 1.82) is 0 Å². The number of nitrogens with zero attached hydrogens (tertiary/aromatic N) is 4. The second-order valence-corrected chi connectivity index (χ2v) is 4.75. The number of nitrogens with two attached hydrogens (primary N) is 2. The molecule has 3 rings (SSSR count). The van der Waals surface area contributed by atoms with Gasteiger partial charge in [0.2, 0.25) is 5.95 Å². The van der Waals surface area contributed by atoms with Crippen LogP contribution in [0.4, 0.5) is 11.8 Å². The van der Waals surface area contributed by atoms with E-state index in [1.54, 1.807) is 22.2 Å². The number of fused-ring (bicyclic) bond motifs is 1. The fraction of sp³-hybridized carbons (Fsp3) is 0.100. The molecule has 86 valence electrons. The molecule has 0 saturated carbocycles. The highest BCUT2D eigenvalue weighted by atomic mass is 32.1. The number of anilines is 2. The maximum absolute atomic E-state index is 5.81. The zero-order valence-corrected chi connectivity index (χ0v) is 9.90. The van der Waals surface area contributed by atoms with Gasteiger partial charge in [-0.3, -0.25) is 4.68 Å². The molecule has 0 aliphatic heterocycles. The largest absolute Gasteiger partial charge is 0.382 e. The number of nitrogen functional groups attached to an aromatic ring is 2. The van der Waals surface area contributed by atoms with Crippen LogP contribution in [0, 0.1) is 0 Å². The first-order valence-corrected chi connectivity index (χ1v) is 5.76. The van der Waals surface area contributed by atoms with Crippen molar-refractivity contribution in [3.63, 3.8) is 0 Å². The molecule has 0 bridgehead atoms. The molecule has 17 heavy (non-hydrogen) atoms.